The zero-order valence-electron chi connectivity index (χ0n) is 19.2. The number of thioether (sulfide) groups is 1. The SMILES string of the molecule is CSCCC(C(=O)O)(C(=O)C(N)CS)N(C(=O)CNCc1ccccc1)C(=O)C(N)C(C)C. The Morgan fingerprint density at radius 3 is 2.27 bits per heavy atom. The van der Waals surface area contributed by atoms with Crippen molar-refractivity contribution in [2.24, 2.45) is 17.4 Å². The molecule has 0 aliphatic heterocycles. The molecule has 3 unspecified atom stereocenters. The number of carboxylic acid groups (broad SMARTS) is 1. The third kappa shape index (κ3) is 7.28. The normalized spacial score (nSPS) is 14.9. The van der Waals surface area contributed by atoms with Gasteiger partial charge in [0.15, 0.2) is 5.78 Å². The van der Waals surface area contributed by atoms with Crippen molar-refractivity contribution in [3.8, 4) is 0 Å². The number of imide groups is 1. The quantitative estimate of drug-likeness (QED) is 0.182. The molecular weight excluding hydrogens is 464 g/mol. The summed E-state index contributed by atoms with van der Waals surface area (Å²) in [5, 5.41) is 13.2. The van der Waals surface area contributed by atoms with Crippen LogP contribution in [-0.4, -0.2) is 75.5 Å². The van der Waals surface area contributed by atoms with Crippen molar-refractivity contribution in [3.05, 3.63) is 35.9 Å². The van der Waals surface area contributed by atoms with Crippen LogP contribution < -0.4 is 16.8 Å². The monoisotopic (exact) mass is 498 g/mol. The first-order valence-electron chi connectivity index (χ1n) is 10.5. The number of hydrogen-bond acceptors (Lipinski definition) is 9. The summed E-state index contributed by atoms with van der Waals surface area (Å²) in [6, 6.07) is 6.76. The summed E-state index contributed by atoms with van der Waals surface area (Å²) in [6.45, 7) is 3.28. The van der Waals surface area contributed by atoms with Crippen molar-refractivity contribution < 1.29 is 24.3 Å². The summed E-state index contributed by atoms with van der Waals surface area (Å²) >= 11 is 5.30. The fourth-order valence-corrected chi connectivity index (χ4v) is 3.90. The van der Waals surface area contributed by atoms with Crippen LogP contribution in [0.3, 0.4) is 0 Å². The van der Waals surface area contributed by atoms with Crippen LogP contribution in [0.25, 0.3) is 0 Å². The number of hydrogen-bond donors (Lipinski definition) is 5. The predicted molar refractivity (Wildman–Crippen MR) is 133 cm³/mol. The van der Waals surface area contributed by atoms with Gasteiger partial charge < -0.3 is 21.9 Å². The fraction of sp³-hybridized carbons (Fsp3) is 0.545. The second-order valence-electron chi connectivity index (χ2n) is 7.99. The number of thiol groups is 1. The molecule has 0 radical (unpaired) electrons. The van der Waals surface area contributed by atoms with Gasteiger partial charge in [0.05, 0.1) is 18.6 Å². The molecule has 33 heavy (non-hydrogen) atoms. The highest BCUT2D eigenvalue weighted by atomic mass is 32.2. The molecule has 0 bridgehead atoms. The van der Waals surface area contributed by atoms with Gasteiger partial charge in [-0.25, -0.2) is 4.79 Å². The minimum atomic E-state index is -2.49. The number of carboxylic acids is 1. The number of nitrogens with two attached hydrogens (primary N) is 2. The molecule has 0 heterocycles. The minimum absolute atomic E-state index is 0.147. The summed E-state index contributed by atoms with van der Waals surface area (Å²) < 4.78 is 0. The third-order valence-electron chi connectivity index (χ3n) is 5.27. The molecule has 184 valence electrons. The lowest BCUT2D eigenvalue weighted by molar-refractivity contribution is -0.172. The number of rotatable bonds is 14. The van der Waals surface area contributed by atoms with Crippen molar-refractivity contribution in [2.75, 3.05) is 24.3 Å². The highest BCUT2D eigenvalue weighted by Crippen LogP contribution is 2.28. The van der Waals surface area contributed by atoms with Gasteiger partial charge >= 0.3 is 5.97 Å². The largest absolute Gasteiger partial charge is 0.479 e. The Morgan fingerprint density at radius 1 is 1.18 bits per heavy atom. The van der Waals surface area contributed by atoms with Gasteiger partial charge in [-0.2, -0.15) is 24.4 Å². The van der Waals surface area contributed by atoms with E-state index in [4.69, 9.17) is 11.5 Å². The van der Waals surface area contributed by atoms with Crippen LogP contribution in [0.4, 0.5) is 0 Å². The Labute approximate surface area is 204 Å². The number of nitrogens with one attached hydrogen (secondary N) is 1. The number of amides is 2. The van der Waals surface area contributed by atoms with Gasteiger partial charge in [-0.1, -0.05) is 44.2 Å². The molecular formula is C22H34N4O5S2. The topological polar surface area (TPSA) is 156 Å². The maximum absolute atomic E-state index is 13.4. The van der Waals surface area contributed by atoms with Crippen molar-refractivity contribution in [1.29, 1.82) is 0 Å². The van der Waals surface area contributed by atoms with Gasteiger partial charge in [0, 0.05) is 12.3 Å². The number of carbonyl (C=O) groups excluding carboxylic acids is 3. The van der Waals surface area contributed by atoms with Gasteiger partial charge in [0.1, 0.15) is 0 Å². The zero-order chi connectivity index (χ0) is 25.2. The molecule has 2 amide bonds. The van der Waals surface area contributed by atoms with Crippen LogP contribution in [0.15, 0.2) is 30.3 Å². The maximum atomic E-state index is 13.4. The number of ketones is 1. The summed E-state index contributed by atoms with van der Waals surface area (Å²) in [5.41, 5.74) is 10.3. The van der Waals surface area contributed by atoms with Crippen LogP contribution in [0, 0.1) is 5.92 Å². The van der Waals surface area contributed by atoms with Gasteiger partial charge in [0.2, 0.25) is 17.4 Å². The first kappa shape index (κ1) is 29.1. The van der Waals surface area contributed by atoms with E-state index in [2.05, 4.69) is 17.9 Å². The zero-order valence-corrected chi connectivity index (χ0v) is 20.9. The van der Waals surface area contributed by atoms with E-state index in [1.165, 1.54) is 11.8 Å². The summed E-state index contributed by atoms with van der Waals surface area (Å²) in [5.74, 6) is -4.73. The molecule has 11 heteroatoms. The van der Waals surface area contributed by atoms with Crippen molar-refractivity contribution in [2.45, 2.75) is 44.4 Å². The highest BCUT2D eigenvalue weighted by Gasteiger charge is 2.57. The highest BCUT2D eigenvalue weighted by molar-refractivity contribution is 7.98. The molecule has 0 aliphatic rings. The van der Waals surface area contributed by atoms with Crippen LogP contribution >= 0.6 is 24.4 Å². The van der Waals surface area contributed by atoms with Gasteiger partial charge in [-0.05, 0) is 29.9 Å². The smallest absolute Gasteiger partial charge is 0.338 e. The molecule has 0 aliphatic carbocycles. The van der Waals surface area contributed by atoms with E-state index in [1.54, 1.807) is 20.1 Å². The molecule has 0 saturated carbocycles. The van der Waals surface area contributed by atoms with Crippen molar-refractivity contribution >= 4 is 48.0 Å². The molecule has 6 N–H and O–H groups in total. The number of nitrogens with zero attached hydrogens (tertiary/aromatic N) is 1. The Bertz CT molecular complexity index is 824. The second-order valence-corrected chi connectivity index (χ2v) is 9.34. The first-order chi connectivity index (χ1) is 15.5. The lowest BCUT2D eigenvalue weighted by Gasteiger charge is -2.40. The number of aliphatic carboxylic acids is 1. The van der Waals surface area contributed by atoms with E-state index in [0.29, 0.717) is 11.4 Å². The average Bonchev–Trinajstić information content (AvgIpc) is 2.80. The van der Waals surface area contributed by atoms with Crippen molar-refractivity contribution in [1.82, 2.24) is 10.2 Å². The molecule has 9 nitrogen and oxygen atoms in total. The van der Waals surface area contributed by atoms with E-state index in [-0.39, 0.29) is 24.5 Å². The molecule has 1 aromatic rings. The Kier molecular flexibility index (Phi) is 12.1. The van der Waals surface area contributed by atoms with Gasteiger partial charge in [0.25, 0.3) is 0 Å². The van der Waals surface area contributed by atoms with Crippen LogP contribution in [0.1, 0.15) is 25.8 Å². The van der Waals surface area contributed by atoms with E-state index >= 15 is 0 Å². The lowest BCUT2D eigenvalue weighted by atomic mass is 9.84. The molecule has 0 fully saturated rings. The molecule has 3 atom stereocenters. The minimum Gasteiger partial charge on any atom is -0.479 e. The summed E-state index contributed by atoms with van der Waals surface area (Å²) in [4.78, 5) is 53.1. The van der Waals surface area contributed by atoms with E-state index in [9.17, 15) is 24.3 Å². The molecule has 0 spiro atoms. The first-order valence-corrected chi connectivity index (χ1v) is 12.6. The maximum Gasteiger partial charge on any atom is 0.338 e. The van der Waals surface area contributed by atoms with Gasteiger partial charge in [-0.3, -0.25) is 19.3 Å². The molecule has 0 aromatic heterocycles. The van der Waals surface area contributed by atoms with Crippen LogP contribution in [0.5, 0.6) is 0 Å². The van der Waals surface area contributed by atoms with E-state index < -0.39 is 47.1 Å². The number of carbonyl (C=O) groups is 4. The predicted octanol–water partition coefficient (Wildman–Crippen LogP) is 0.517. The average molecular weight is 499 g/mol. The molecule has 0 saturated heterocycles. The fourth-order valence-electron chi connectivity index (χ4n) is 3.24. The second kappa shape index (κ2) is 13.7. The van der Waals surface area contributed by atoms with Gasteiger partial charge in [-0.15, -0.1) is 0 Å². The van der Waals surface area contributed by atoms with Crippen molar-refractivity contribution in [3.63, 3.8) is 0 Å². The van der Waals surface area contributed by atoms with Crippen LogP contribution in [-0.2, 0) is 25.7 Å². The Morgan fingerprint density at radius 2 is 1.79 bits per heavy atom. The molecule has 1 aromatic carbocycles. The van der Waals surface area contributed by atoms with Crippen LogP contribution in [0.2, 0.25) is 0 Å². The number of benzene rings is 1. The Balaban J connectivity index is 3.45. The van der Waals surface area contributed by atoms with E-state index in [0.717, 1.165) is 5.56 Å². The van der Waals surface area contributed by atoms with E-state index in [1.807, 2.05) is 30.3 Å². The standard InChI is InChI=1S/C22H34N4O5S2/c1-14(2)18(24)20(29)26(17(27)12-25-11-15-7-5-4-6-8-15)22(21(30)31,9-10-33-3)19(28)16(23)13-32/h4-8,14,16,18,25,32H,9-13,23-24H2,1-3H3,(H,30,31). The lowest BCUT2D eigenvalue weighted by Crippen LogP contribution is -2.70. The third-order valence-corrected chi connectivity index (χ3v) is 6.27. The summed E-state index contributed by atoms with van der Waals surface area (Å²) in [6.07, 6.45) is 1.43. The molecule has 1 rings (SSSR count). The summed E-state index contributed by atoms with van der Waals surface area (Å²) in [7, 11) is 0. The Hall–Kier alpha value is -1.92. The number of Topliss-reactive ketones (excluding diaryl/α,β-unsaturated/α-hetero) is 1.